The monoisotopic (exact) mass is 590 g/mol. The molecular formula is C34H32N2O2Zr. The van der Waals surface area contributed by atoms with Crippen molar-refractivity contribution < 1.29 is 36.4 Å². The van der Waals surface area contributed by atoms with Crippen LogP contribution in [0.1, 0.15) is 12.8 Å². The summed E-state index contributed by atoms with van der Waals surface area (Å²) in [6.07, 6.45) is 20.0. The Bertz CT molecular complexity index is 1170. The summed E-state index contributed by atoms with van der Waals surface area (Å²) in [5, 5.41) is 24.6. The van der Waals surface area contributed by atoms with Gasteiger partial charge < -0.3 is 20.8 Å². The molecular weight excluding hydrogens is 560 g/mol. The Hall–Kier alpha value is -4.08. The summed E-state index contributed by atoms with van der Waals surface area (Å²) >= 11 is 0. The van der Waals surface area contributed by atoms with E-state index in [4.69, 9.17) is 10.2 Å². The summed E-state index contributed by atoms with van der Waals surface area (Å²) in [6.45, 7) is 0. The van der Waals surface area contributed by atoms with E-state index >= 15 is 0 Å². The maximum atomic E-state index is 9.09. The van der Waals surface area contributed by atoms with Crippen LogP contribution in [-0.2, 0) is 26.2 Å². The smallest absolute Gasteiger partial charge is 0.508 e. The molecule has 5 heteroatoms. The molecule has 2 aliphatic carbocycles. The topological polar surface area (TPSA) is 64.5 Å². The van der Waals surface area contributed by atoms with Crippen LogP contribution in [0.3, 0.4) is 0 Å². The van der Waals surface area contributed by atoms with Crippen LogP contribution in [-0.4, -0.2) is 10.2 Å². The second-order valence-electron chi connectivity index (χ2n) is 8.08. The second-order valence-corrected chi connectivity index (χ2v) is 8.08. The molecule has 0 radical (unpaired) electrons. The number of anilines is 4. The molecule has 0 aliphatic heterocycles. The summed E-state index contributed by atoms with van der Waals surface area (Å²) in [5.41, 5.74) is 4.01. The van der Waals surface area contributed by atoms with Crippen LogP contribution in [0.4, 0.5) is 22.7 Å². The second kappa shape index (κ2) is 19.1. The predicted molar refractivity (Wildman–Crippen MR) is 159 cm³/mol. The van der Waals surface area contributed by atoms with Gasteiger partial charge in [-0.25, -0.2) is 24.3 Å². The number of allylic oxidation sites excluding steroid dienone is 8. The molecule has 2 aliphatic rings. The molecule has 0 fully saturated rings. The van der Waals surface area contributed by atoms with Crippen molar-refractivity contribution in [3.63, 3.8) is 0 Å². The maximum absolute atomic E-state index is 9.09. The maximum Gasteiger partial charge on any atom is 2.00 e. The molecule has 4 aromatic carbocycles. The van der Waals surface area contributed by atoms with Crippen LogP contribution in [0.25, 0.3) is 0 Å². The molecule has 0 bridgehead atoms. The van der Waals surface area contributed by atoms with Gasteiger partial charge in [0.1, 0.15) is 11.5 Å². The van der Waals surface area contributed by atoms with E-state index in [1.54, 1.807) is 24.3 Å². The molecule has 4 nitrogen and oxygen atoms in total. The molecule has 6 rings (SSSR count). The Kier molecular flexibility index (Phi) is 15.2. The summed E-state index contributed by atoms with van der Waals surface area (Å²) in [7, 11) is 0. The van der Waals surface area contributed by atoms with E-state index in [9.17, 15) is 0 Å². The Morgan fingerprint density at radius 1 is 0.462 bits per heavy atom. The van der Waals surface area contributed by atoms with Crippen molar-refractivity contribution in [1.82, 2.24) is 0 Å². The van der Waals surface area contributed by atoms with Gasteiger partial charge in [-0.1, -0.05) is 36.4 Å². The van der Waals surface area contributed by atoms with Gasteiger partial charge in [0.25, 0.3) is 0 Å². The molecule has 0 unspecified atom stereocenters. The van der Waals surface area contributed by atoms with Gasteiger partial charge in [0.15, 0.2) is 0 Å². The van der Waals surface area contributed by atoms with Crippen LogP contribution in [0.5, 0.6) is 11.5 Å². The van der Waals surface area contributed by atoms with E-state index < -0.39 is 0 Å². The van der Waals surface area contributed by atoms with Crippen LogP contribution in [0.2, 0.25) is 0 Å². The zero-order valence-electron chi connectivity index (χ0n) is 21.7. The van der Waals surface area contributed by atoms with Crippen LogP contribution < -0.4 is 10.6 Å². The normalized spacial score (nSPS) is 11.5. The number of para-hydroxylation sites is 2. The first-order chi connectivity index (χ1) is 18.7. The zero-order valence-corrected chi connectivity index (χ0v) is 24.1. The summed E-state index contributed by atoms with van der Waals surface area (Å²) < 4.78 is 0. The zero-order chi connectivity index (χ0) is 26.7. The molecule has 0 amide bonds. The number of hydrogen-bond donors (Lipinski definition) is 4. The number of phenols is 2. The van der Waals surface area contributed by atoms with E-state index in [1.807, 2.05) is 109 Å². The molecule has 0 spiro atoms. The van der Waals surface area contributed by atoms with Gasteiger partial charge in [0, 0.05) is 22.7 Å². The quantitative estimate of drug-likeness (QED) is 0.141. The number of benzene rings is 4. The minimum Gasteiger partial charge on any atom is -0.508 e. The molecule has 194 valence electrons. The summed E-state index contributed by atoms with van der Waals surface area (Å²) in [5.74, 6) is 0.562. The van der Waals surface area contributed by atoms with Gasteiger partial charge in [-0.2, -0.15) is 12.2 Å². The third kappa shape index (κ3) is 13.9. The number of hydrogen-bond acceptors (Lipinski definition) is 4. The molecule has 0 saturated carbocycles. The van der Waals surface area contributed by atoms with Crippen molar-refractivity contribution >= 4 is 22.7 Å². The first-order valence-electron chi connectivity index (χ1n) is 12.3. The number of phenolic OH excluding ortho intramolecular Hbond substituents is 2. The Morgan fingerprint density at radius 3 is 1.05 bits per heavy atom. The number of rotatable bonds is 4. The predicted octanol–water partition coefficient (Wildman–Crippen LogP) is 8.88. The fourth-order valence-corrected chi connectivity index (χ4v) is 3.15. The largest absolute Gasteiger partial charge is 2.00 e. The molecule has 4 aromatic rings. The van der Waals surface area contributed by atoms with E-state index in [0.717, 1.165) is 35.6 Å². The molecule has 39 heavy (non-hydrogen) atoms. The van der Waals surface area contributed by atoms with Crippen LogP contribution in [0.15, 0.2) is 146 Å². The van der Waals surface area contributed by atoms with Crippen LogP contribution in [0, 0.1) is 12.2 Å². The molecule has 0 aromatic heterocycles. The molecule has 0 atom stereocenters. The third-order valence-corrected chi connectivity index (χ3v) is 5.03. The van der Waals surface area contributed by atoms with Gasteiger partial charge in [-0.05, 0) is 72.8 Å². The Balaban J connectivity index is 0.000000199. The minimum absolute atomic E-state index is 0. The summed E-state index contributed by atoms with van der Waals surface area (Å²) in [4.78, 5) is 0. The van der Waals surface area contributed by atoms with E-state index in [-0.39, 0.29) is 37.7 Å². The van der Waals surface area contributed by atoms with Crippen molar-refractivity contribution in [2.24, 2.45) is 0 Å². The van der Waals surface area contributed by atoms with E-state index in [2.05, 4.69) is 34.9 Å². The van der Waals surface area contributed by atoms with Gasteiger partial charge in [-0.15, -0.1) is 12.8 Å². The van der Waals surface area contributed by atoms with Crippen molar-refractivity contribution in [1.29, 1.82) is 0 Å². The average molecular weight is 592 g/mol. The van der Waals surface area contributed by atoms with Gasteiger partial charge in [0.2, 0.25) is 0 Å². The first kappa shape index (κ1) is 31.1. The molecule has 0 saturated heterocycles. The van der Waals surface area contributed by atoms with Crippen LogP contribution >= 0.6 is 0 Å². The van der Waals surface area contributed by atoms with Crippen molar-refractivity contribution in [3.8, 4) is 11.5 Å². The fourth-order valence-electron chi connectivity index (χ4n) is 3.15. The Labute approximate surface area is 250 Å². The van der Waals surface area contributed by atoms with Crippen molar-refractivity contribution in [2.45, 2.75) is 12.8 Å². The average Bonchev–Trinajstić information content (AvgIpc) is 3.73. The number of aromatic hydroxyl groups is 2. The fraction of sp³-hybridized carbons (Fsp3) is 0.0588. The van der Waals surface area contributed by atoms with Gasteiger partial charge in [0.05, 0.1) is 0 Å². The van der Waals surface area contributed by atoms with E-state index in [1.165, 1.54) is 0 Å². The van der Waals surface area contributed by atoms with Crippen molar-refractivity contribution in [3.05, 3.63) is 158 Å². The van der Waals surface area contributed by atoms with E-state index in [0.29, 0.717) is 0 Å². The molecule has 0 heterocycles. The van der Waals surface area contributed by atoms with Gasteiger partial charge >= 0.3 is 26.2 Å². The SMILES string of the molecule is Oc1ccc(Nc2ccccc2)cc1.Oc1ccc(Nc2ccccc2)cc1.[C-]1=CC=CC1.[C-]1=CC=CC1.[Zr+2]. The summed E-state index contributed by atoms with van der Waals surface area (Å²) in [6, 6.07) is 33.8. The number of nitrogens with one attached hydrogen (secondary N) is 2. The minimum atomic E-state index is 0. The third-order valence-electron chi connectivity index (χ3n) is 5.03. The molecule has 4 N–H and O–H groups in total. The van der Waals surface area contributed by atoms with Crippen molar-refractivity contribution in [2.75, 3.05) is 10.6 Å². The first-order valence-corrected chi connectivity index (χ1v) is 12.3. The van der Waals surface area contributed by atoms with Gasteiger partial charge in [-0.3, -0.25) is 12.2 Å². The standard InChI is InChI=1S/2C12H11NO.2C5H5.Zr/c2*14-12-8-6-11(7-9-12)13-10-4-2-1-3-5-10;2*1-2-4-5-3-1;/h2*1-9,13-14H;2*1-3H,4H2;/q;;2*-1;+2. The Morgan fingerprint density at radius 2 is 0.795 bits per heavy atom.